The minimum atomic E-state index is -0.264. The Kier molecular flexibility index (Phi) is 5.95. The maximum atomic E-state index is 12.4. The molecule has 0 amide bonds. The van der Waals surface area contributed by atoms with Crippen molar-refractivity contribution in [2.24, 2.45) is 5.73 Å². The van der Waals surface area contributed by atoms with Crippen LogP contribution in [0.2, 0.25) is 0 Å². The lowest BCUT2D eigenvalue weighted by Crippen LogP contribution is -2.27. The van der Waals surface area contributed by atoms with E-state index in [-0.39, 0.29) is 17.9 Å². The molecule has 4 heterocycles. The predicted molar refractivity (Wildman–Crippen MR) is 123 cm³/mol. The average molecular weight is 417 g/mol. The summed E-state index contributed by atoms with van der Waals surface area (Å²) >= 11 is 0. The molecule has 160 valence electrons. The van der Waals surface area contributed by atoms with Gasteiger partial charge in [0.2, 0.25) is 0 Å². The van der Waals surface area contributed by atoms with E-state index in [2.05, 4.69) is 32.4 Å². The summed E-state index contributed by atoms with van der Waals surface area (Å²) in [5.41, 5.74) is 11.4. The molecule has 0 aliphatic carbocycles. The van der Waals surface area contributed by atoms with Crippen LogP contribution in [0.25, 0.3) is 22.3 Å². The summed E-state index contributed by atoms with van der Waals surface area (Å²) in [6, 6.07) is 8.18. The van der Waals surface area contributed by atoms with Crippen molar-refractivity contribution in [3.05, 3.63) is 59.2 Å². The van der Waals surface area contributed by atoms with Crippen LogP contribution in [0.5, 0.6) is 0 Å². The van der Waals surface area contributed by atoms with Crippen molar-refractivity contribution in [2.45, 2.75) is 39.0 Å². The normalized spacial score (nSPS) is 15.7. The SMILES string of the molecule is C/C(N)=C(\C)C(=N)C(=O)Cc1cnc2[nH]c(-c3ccnc(C4CCNCC4)c3)cc2c1. The van der Waals surface area contributed by atoms with Gasteiger partial charge < -0.3 is 16.0 Å². The zero-order valence-electron chi connectivity index (χ0n) is 18.0. The van der Waals surface area contributed by atoms with Crippen molar-refractivity contribution in [1.29, 1.82) is 5.41 Å². The Labute approximate surface area is 181 Å². The Morgan fingerprint density at radius 1 is 1.19 bits per heavy atom. The molecule has 0 unspecified atom stereocenters. The number of fused-ring (bicyclic) bond motifs is 1. The van der Waals surface area contributed by atoms with Crippen LogP contribution in [-0.4, -0.2) is 39.5 Å². The Hall–Kier alpha value is -3.32. The number of hydrogen-bond acceptors (Lipinski definition) is 6. The fraction of sp³-hybridized carbons (Fsp3) is 0.333. The van der Waals surface area contributed by atoms with Gasteiger partial charge >= 0.3 is 0 Å². The number of hydrogen-bond donors (Lipinski definition) is 4. The molecule has 0 radical (unpaired) electrons. The van der Waals surface area contributed by atoms with E-state index in [4.69, 9.17) is 11.1 Å². The fourth-order valence-electron chi connectivity index (χ4n) is 3.95. The molecule has 1 aliphatic heterocycles. The van der Waals surface area contributed by atoms with Gasteiger partial charge in [0.25, 0.3) is 0 Å². The molecule has 0 spiro atoms. The summed E-state index contributed by atoms with van der Waals surface area (Å²) in [5, 5.41) is 12.4. The molecule has 0 saturated carbocycles. The number of ketones is 1. The van der Waals surface area contributed by atoms with E-state index in [0.29, 0.717) is 17.2 Å². The van der Waals surface area contributed by atoms with Crippen LogP contribution in [-0.2, 0) is 11.2 Å². The molecule has 3 aromatic heterocycles. The van der Waals surface area contributed by atoms with Crippen molar-refractivity contribution in [3.63, 3.8) is 0 Å². The van der Waals surface area contributed by atoms with Gasteiger partial charge in [-0.3, -0.25) is 15.2 Å². The highest BCUT2D eigenvalue weighted by molar-refractivity contribution is 6.45. The standard InChI is InChI=1S/C24H28N6O/c1-14(15(2)25)23(26)22(31)10-16-9-19-12-21(30-24(19)29-13-16)18-5-8-28-20(11-18)17-3-6-27-7-4-17/h5,8-9,11-13,17,26-27H,3-4,6-7,10,25H2,1-2H3,(H,29,30)/b15-14-,26-23?. The van der Waals surface area contributed by atoms with Crippen LogP contribution in [0.15, 0.2) is 47.9 Å². The van der Waals surface area contributed by atoms with Crippen molar-refractivity contribution in [2.75, 3.05) is 13.1 Å². The molecule has 7 heteroatoms. The number of nitrogens with two attached hydrogens (primary N) is 1. The maximum Gasteiger partial charge on any atom is 0.185 e. The first kappa shape index (κ1) is 20.9. The third kappa shape index (κ3) is 4.56. The van der Waals surface area contributed by atoms with Crippen LogP contribution in [0.1, 0.15) is 43.9 Å². The zero-order chi connectivity index (χ0) is 22.0. The number of carbonyl (C=O) groups is 1. The number of nitrogens with zero attached hydrogens (tertiary/aromatic N) is 2. The molecule has 7 nitrogen and oxygen atoms in total. The minimum Gasteiger partial charge on any atom is -0.402 e. The molecule has 5 N–H and O–H groups in total. The monoisotopic (exact) mass is 416 g/mol. The van der Waals surface area contributed by atoms with Crippen molar-refractivity contribution >= 4 is 22.5 Å². The molecule has 3 aromatic rings. The minimum absolute atomic E-state index is 0.0444. The van der Waals surface area contributed by atoms with E-state index in [1.807, 2.05) is 18.3 Å². The lowest BCUT2D eigenvalue weighted by molar-refractivity contribution is -0.112. The number of aromatic nitrogens is 3. The van der Waals surface area contributed by atoms with E-state index in [1.54, 1.807) is 20.0 Å². The quantitative estimate of drug-likeness (QED) is 0.459. The van der Waals surface area contributed by atoms with Crippen LogP contribution in [0, 0.1) is 5.41 Å². The smallest absolute Gasteiger partial charge is 0.185 e. The van der Waals surface area contributed by atoms with Gasteiger partial charge in [0.1, 0.15) is 11.4 Å². The Bertz CT molecular complexity index is 1170. The zero-order valence-corrected chi connectivity index (χ0v) is 18.0. The predicted octanol–water partition coefficient (Wildman–Crippen LogP) is 3.48. The first-order valence-corrected chi connectivity index (χ1v) is 10.6. The maximum absolute atomic E-state index is 12.4. The van der Waals surface area contributed by atoms with E-state index in [0.717, 1.165) is 59.5 Å². The van der Waals surface area contributed by atoms with Gasteiger partial charge in [-0.2, -0.15) is 0 Å². The van der Waals surface area contributed by atoms with Gasteiger partial charge in [-0.05, 0) is 75.2 Å². The Balaban J connectivity index is 1.56. The van der Waals surface area contributed by atoms with E-state index in [1.165, 1.54) is 0 Å². The van der Waals surface area contributed by atoms with Crippen molar-refractivity contribution in [3.8, 4) is 11.3 Å². The van der Waals surface area contributed by atoms with Gasteiger partial charge in [-0.25, -0.2) is 4.98 Å². The number of carbonyl (C=O) groups excluding carboxylic acids is 1. The van der Waals surface area contributed by atoms with Crippen LogP contribution >= 0.6 is 0 Å². The van der Waals surface area contributed by atoms with Crippen molar-refractivity contribution < 1.29 is 4.79 Å². The number of pyridine rings is 2. The highest BCUT2D eigenvalue weighted by Crippen LogP contribution is 2.29. The Morgan fingerprint density at radius 2 is 1.97 bits per heavy atom. The fourth-order valence-corrected chi connectivity index (χ4v) is 3.95. The Morgan fingerprint density at radius 3 is 2.71 bits per heavy atom. The van der Waals surface area contributed by atoms with Crippen LogP contribution < -0.4 is 11.1 Å². The summed E-state index contributed by atoms with van der Waals surface area (Å²) in [5.74, 6) is 0.228. The number of Topliss-reactive ketones (excluding diaryl/α,β-unsaturated/α-hetero) is 1. The van der Waals surface area contributed by atoms with Crippen LogP contribution in [0.4, 0.5) is 0 Å². The third-order valence-corrected chi connectivity index (χ3v) is 5.99. The molecular weight excluding hydrogens is 388 g/mol. The molecule has 0 bridgehead atoms. The number of aromatic amines is 1. The number of allylic oxidation sites excluding steroid dienone is 2. The lowest BCUT2D eigenvalue weighted by Gasteiger charge is -2.22. The molecule has 0 aromatic carbocycles. The molecular formula is C24H28N6O. The summed E-state index contributed by atoms with van der Waals surface area (Å²) in [6.07, 6.45) is 5.90. The number of rotatable bonds is 6. The second kappa shape index (κ2) is 8.81. The summed E-state index contributed by atoms with van der Waals surface area (Å²) in [7, 11) is 0. The van der Waals surface area contributed by atoms with E-state index < -0.39 is 0 Å². The highest BCUT2D eigenvalue weighted by Gasteiger charge is 2.18. The topological polar surface area (TPSA) is 121 Å². The number of H-pyrrole nitrogens is 1. The molecule has 1 aliphatic rings. The second-order valence-corrected chi connectivity index (χ2v) is 8.24. The largest absolute Gasteiger partial charge is 0.402 e. The van der Waals surface area contributed by atoms with Gasteiger partial charge in [0.05, 0.1) is 0 Å². The highest BCUT2D eigenvalue weighted by atomic mass is 16.1. The molecule has 1 saturated heterocycles. The molecule has 4 rings (SSSR count). The average Bonchev–Trinajstić information content (AvgIpc) is 3.22. The van der Waals surface area contributed by atoms with Gasteiger partial charge in [0.15, 0.2) is 5.78 Å². The third-order valence-electron chi connectivity index (χ3n) is 5.99. The molecule has 0 atom stereocenters. The van der Waals surface area contributed by atoms with E-state index in [9.17, 15) is 4.79 Å². The summed E-state index contributed by atoms with van der Waals surface area (Å²) in [6.45, 7) is 5.46. The second-order valence-electron chi connectivity index (χ2n) is 8.24. The van der Waals surface area contributed by atoms with Crippen LogP contribution in [0.3, 0.4) is 0 Å². The van der Waals surface area contributed by atoms with Crippen molar-refractivity contribution in [1.82, 2.24) is 20.3 Å². The van der Waals surface area contributed by atoms with E-state index >= 15 is 0 Å². The lowest BCUT2D eigenvalue weighted by atomic mass is 9.93. The number of nitrogens with one attached hydrogen (secondary N) is 3. The summed E-state index contributed by atoms with van der Waals surface area (Å²) < 4.78 is 0. The molecule has 1 fully saturated rings. The number of piperidine rings is 1. The summed E-state index contributed by atoms with van der Waals surface area (Å²) in [4.78, 5) is 24.9. The van der Waals surface area contributed by atoms with Gasteiger partial charge in [0, 0.05) is 52.8 Å². The van der Waals surface area contributed by atoms with Gasteiger partial charge in [-0.15, -0.1) is 0 Å². The molecule has 31 heavy (non-hydrogen) atoms. The first-order chi connectivity index (χ1) is 14.9. The van der Waals surface area contributed by atoms with Gasteiger partial charge in [-0.1, -0.05) is 0 Å². The first-order valence-electron chi connectivity index (χ1n) is 10.6.